The molecule has 1 aromatic heterocycles. The Morgan fingerprint density at radius 3 is 2.74 bits per heavy atom. The van der Waals surface area contributed by atoms with E-state index in [0.29, 0.717) is 11.3 Å². The van der Waals surface area contributed by atoms with Crippen molar-refractivity contribution in [1.82, 2.24) is 9.97 Å². The first kappa shape index (κ1) is 12.7. The van der Waals surface area contributed by atoms with Crippen LogP contribution in [-0.2, 0) is 0 Å². The summed E-state index contributed by atoms with van der Waals surface area (Å²) in [6.07, 6.45) is 6.38. The molecule has 4 heteroatoms. The second-order valence-corrected chi connectivity index (χ2v) is 5.68. The zero-order valence-corrected chi connectivity index (χ0v) is 11.9. The van der Waals surface area contributed by atoms with Crippen LogP contribution in [-0.4, -0.2) is 16.0 Å². The van der Waals surface area contributed by atoms with Gasteiger partial charge in [0, 0.05) is 11.4 Å². The van der Waals surface area contributed by atoms with Crippen LogP contribution in [0.1, 0.15) is 37.7 Å². The molecular weight excluding hydrogens is 258 g/mol. The monoisotopic (exact) mass is 275 g/mol. The van der Waals surface area contributed by atoms with E-state index < -0.39 is 0 Å². The lowest BCUT2D eigenvalue weighted by atomic mass is 9.95. The van der Waals surface area contributed by atoms with Crippen molar-refractivity contribution in [2.75, 3.05) is 5.32 Å². The second-order valence-electron chi connectivity index (χ2n) is 5.34. The van der Waals surface area contributed by atoms with Crippen LogP contribution in [0.5, 0.6) is 0 Å². The standard InChI is InChI=1S/C15H18ClN3/c1-10-7-8-12-13(9-10)18-15(16)19-14(12)17-11-5-3-2-4-6-11/h7-9,11H,2-6H2,1H3,(H,17,18,19). The molecule has 2 aromatic rings. The topological polar surface area (TPSA) is 37.8 Å². The molecular formula is C15H18ClN3. The molecule has 1 fully saturated rings. The fourth-order valence-electron chi connectivity index (χ4n) is 2.76. The van der Waals surface area contributed by atoms with Gasteiger partial charge in [-0.1, -0.05) is 25.3 Å². The number of fused-ring (bicyclic) bond motifs is 1. The normalized spacial score (nSPS) is 16.7. The summed E-state index contributed by atoms with van der Waals surface area (Å²) in [6, 6.07) is 6.73. The highest BCUT2D eigenvalue weighted by Gasteiger charge is 2.15. The molecule has 1 aliphatic rings. The van der Waals surface area contributed by atoms with E-state index in [9.17, 15) is 0 Å². The van der Waals surface area contributed by atoms with Crippen LogP contribution < -0.4 is 5.32 Å². The summed E-state index contributed by atoms with van der Waals surface area (Å²) in [5.74, 6) is 0.877. The molecule has 1 N–H and O–H groups in total. The fraction of sp³-hybridized carbons (Fsp3) is 0.467. The highest BCUT2D eigenvalue weighted by atomic mass is 35.5. The molecule has 3 nitrogen and oxygen atoms in total. The van der Waals surface area contributed by atoms with Crippen LogP contribution in [0.25, 0.3) is 10.9 Å². The van der Waals surface area contributed by atoms with Gasteiger partial charge in [0.05, 0.1) is 5.52 Å². The lowest BCUT2D eigenvalue weighted by Crippen LogP contribution is -2.23. The Hall–Kier alpha value is -1.35. The minimum absolute atomic E-state index is 0.316. The number of hydrogen-bond acceptors (Lipinski definition) is 3. The van der Waals surface area contributed by atoms with Gasteiger partial charge in [0.25, 0.3) is 0 Å². The number of aryl methyl sites for hydroxylation is 1. The lowest BCUT2D eigenvalue weighted by Gasteiger charge is -2.23. The maximum absolute atomic E-state index is 6.03. The molecule has 0 atom stereocenters. The quantitative estimate of drug-likeness (QED) is 0.829. The molecule has 0 amide bonds. The Morgan fingerprint density at radius 2 is 1.95 bits per heavy atom. The summed E-state index contributed by atoms with van der Waals surface area (Å²) < 4.78 is 0. The van der Waals surface area contributed by atoms with Crippen LogP contribution in [0.4, 0.5) is 5.82 Å². The number of benzene rings is 1. The van der Waals surface area contributed by atoms with Crippen LogP contribution in [0.2, 0.25) is 5.28 Å². The van der Waals surface area contributed by atoms with Gasteiger partial charge < -0.3 is 5.32 Å². The minimum Gasteiger partial charge on any atom is -0.367 e. The van der Waals surface area contributed by atoms with Crippen molar-refractivity contribution in [3.05, 3.63) is 29.0 Å². The molecule has 19 heavy (non-hydrogen) atoms. The molecule has 1 aliphatic carbocycles. The third kappa shape index (κ3) is 2.81. The smallest absolute Gasteiger partial charge is 0.224 e. The number of aromatic nitrogens is 2. The van der Waals surface area contributed by atoms with Gasteiger partial charge in [0.2, 0.25) is 5.28 Å². The first-order valence-electron chi connectivity index (χ1n) is 6.93. The molecule has 0 radical (unpaired) electrons. The van der Waals surface area contributed by atoms with E-state index in [1.54, 1.807) is 0 Å². The van der Waals surface area contributed by atoms with E-state index in [2.05, 4.69) is 40.4 Å². The number of nitrogens with zero attached hydrogens (tertiary/aromatic N) is 2. The van der Waals surface area contributed by atoms with Crippen molar-refractivity contribution >= 4 is 28.3 Å². The van der Waals surface area contributed by atoms with Crippen LogP contribution in [0.3, 0.4) is 0 Å². The van der Waals surface area contributed by atoms with Gasteiger partial charge in [-0.15, -0.1) is 0 Å². The molecule has 0 bridgehead atoms. The zero-order valence-electron chi connectivity index (χ0n) is 11.1. The zero-order chi connectivity index (χ0) is 13.2. The first-order valence-corrected chi connectivity index (χ1v) is 7.30. The Morgan fingerprint density at radius 1 is 1.16 bits per heavy atom. The average molecular weight is 276 g/mol. The largest absolute Gasteiger partial charge is 0.367 e. The van der Waals surface area contributed by atoms with Crippen molar-refractivity contribution in [3.63, 3.8) is 0 Å². The van der Waals surface area contributed by atoms with Gasteiger partial charge in [0.15, 0.2) is 0 Å². The van der Waals surface area contributed by atoms with Crippen LogP contribution in [0, 0.1) is 6.92 Å². The third-order valence-electron chi connectivity index (χ3n) is 3.77. The number of anilines is 1. The number of halogens is 1. The lowest BCUT2D eigenvalue weighted by molar-refractivity contribution is 0.462. The minimum atomic E-state index is 0.316. The molecule has 0 spiro atoms. The Kier molecular flexibility index (Phi) is 3.56. The molecule has 0 aliphatic heterocycles. The molecule has 1 saturated carbocycles. The maximum atomic E-state index is 6.03. The van der Waals surface area contributed by atoms with Crippen LogP contribution in [0.15, 0.2) is 18.2 Å². The summed E-state index contributed by atoms with van der Waals surface area (Å²) >= 11 is 6.03. The van der Waals surface area contributed by atoms with E-state index in [0.717, 1.165) is 16.7 Å². The maximum Gasteiger partial charge on any atom is 0.224 e. The Labute approximate surface area is 118 Å². The van der Waals surface area contributed by atoms with Crippen molar-refractivity contribution in [2.24, 2.45) is 0 Å². The van der Waals surface area contributed by atoms with E-state index in [1.807, 2.05) is 0 Å². The summed E-state index contributed by atoms with van der Waals surface area (Å²) in [7, 11) is 0. The molecule has 0 unspecified atom stereocenters. The van der Waals surface area contributed by atoms with Gasteiger partial charge in [-0.2, -0.15) is 0 Å². The summed E-state index contributed by atoms with van der Waals surface area (Å²) in [5.41, 5.74) is 2.10. The predicted molar refractivity (Wildman–Crippen MR) is 79.8 cm³/mol. The Bertz CT molecular complexity index is 586. The summed E-state index contributed by atoms with van der Waals surface area (Å²) in [5, 5.41) is 4.92. The van der Waals surface area contributed by atoms with Gasteiger partial charge in [-0.3, -0.25) is 0 Å². The molecule has 3 rings (SSSR count). The highest BCUT2D eigenvalue weighted by Crippen LogP contribution is 2.27. The van der Waals surface area contributed by atoms with Crippen LogP contribution >= 0.6 is 11.6 Å². The number of hydrogen-bond donors (Lipinski definition) is 1. The average Bonchev–Trinajstić information content (AvgIpc) is 2.39. The van der Waals surface area contributed by atoms with E-state index in [-0.39, 0.29) is 0 Å². The highest BCUT2D eigenvalue weighted by molar-refractivity contribution is 6.28. The predicted octanol–water partition coefficient (Wildman–Crippen LogP) is 4.34. The number of nitrogens with one attached hydrogen (secondary N) is 1. The van der Waals surface area contributed by atoms with Gasteiger partial charge in [-0.25, -0.2) is 9.97 Å². The van der Waals surface area contributed by atoms with Crippen molar-refractivity contribution in [3.8, 4) is 0 Å². The van der Waals surface area contributed by atoms with Gasteiger partial charge >= 0.3 is 0 Å². The second kappa shape index (κ2) is 5.33. The van der Waals surface area contributed by atoms with Crippen molar-refractivity contribution < 1.29 is 0 Å². The summed E-state index contributed by atoms with van der Waals surface area (Å²) in [4.78, 5) is 8.67. The SMILES string of the molecule is Cc1ccc2c(NC3CCCCC3)nc(Cl)nc2c1. The molecule has 1 heterocycles. The van der Waals surface area contributed by atoms with E-state index in [4.69, 9.17) is 11.6 Å². The van der Waals surface area contributed by atoms with E-state index >= 15 is 0 Å². The van der Waals surface area contributed by atoms with E-state index in [1.165, 1.54) is 37.7 Å². The van der Waals surface area contributed by atoms with Crippen molar-refractivity contribution in [1.29, 1.82) is 0 Å². The molecule has 100 valence electrons. The van der Waals surface area contributed by atoms with Gasteiger partial charge in [0.1, 0.15) is 5.82 Å². The fourth-order valence-corrected chi connectivity index (χ4v) is 2.94. The molecule has 1 aromatic carbocycles. The number of rotatable bonds is 2. The van der Waals surface area contributed by atoms with Gasteiger partial charge in [-0.05, 0) is 49.1 Å². The van der Waals surface area contributed by atoms with Crippen molar-refractivity contribution in [2.45, 2.75) is 45.1 Å². The Balaban J connectivity index is 1.97. The molecule has 0 saturated heterocycles. The first-order chi connectivity index (χ1) is 9.22. The summed E-state index contributed by atoms with van der Waals surface area (Å²) in [6.45, 7) is 2.06. The third-order valence-corrected chi connectivity index (χ3v) is 3.94.